The SMILES string of the molecule is CC(C)N1CCCn2c(nc(CNC(=O)c3cccn3C)cc2=O)C1. The van der Waals surface area contributed by atoms with Gasteiger partial charge in [0.2, 0.25) is 0 Å². The summed E-state index contributed by atoms with van der Waals surface area (Å²) in [6.07, 6.45) is 2.76. The molecule has 0 fully saturated rings. The first-order valence-electron chi connectivity index (χ1n) is 8.69. The number of nitrogens with zero attached hydrogens (tertiary/aromatic N) is 4. The fourth-order valence-electron chi connectivity index (χ4n) is 3.15. The second-order valence-electron chi connectivity index (χ2n) is 6.76. The van der Waals surface area contributed by atoms with Crippen molar-refractivity contribution in [2.24, 2.45) is 7.05 Å². The highest BCUT2D eigenvalue weighted by Gasteiger charge is 2.19. The Hall–Kier alpha value is -2.41. The Kier molecular flexibility index (Phi) is 5.03. The molecule has 0 bridgehead atoms. The monoisotopic (exact) mass is 343 g/mol. The summed E-state index contributed by atoms with van der Waals surface area (Å²) in [6.45, 7) is 6.86. The van der Waals surface area contributed by atoms with Crippen molar-refractivity contribution in [1.82, 2.24) is 24.3 Å². The van der Waals surface area contributed by atoms with Gasteiger partial charge >= 0.3 is 0 Å². The number of aromatic nitrogens is 3. The largest absolute Gasteiger partial charge is 0.347 e. The van der Waals surface area contributed by atoms with Gasteiger partial charge in [0.15, 0.2) is 0 Å². The van der Waals surface area contributed by atoms with Gasteiger partial charge in [-0.3, -0.25) is 19.1 Å². The van der Waals surface area contributed by atoms with Crippen LogP contribution in [-0.2, 0) is 26.7 Å². The molecule has 1 amide bonds. The highest BCUT2D eigenvalue weighted by Crippen LogP contribution is 2.12. The molecule has 0 saturated heterocycles. The van der Waals surface area contributed by atoms with Crippen molar-refractivity contribution in [3.63, 3.8) is 0 Å². The molecule has 7 nitrogen and oxygen atoms in total. The predicted octanol–water partition coefficient (Wildman–Crippen LogP) is 1.13. The Morgan fingerprint density at radius 2 is 2.16 bits per heavy atom. The van der Waals surface area contributed by atoms with Crippen molar-refractivity contribution in [3.05, 3.63) is 52.0 Å². The molecule has 0 atom stereocenters. The van der Waals surface area contributed by atoms with E-state index in [1.165, 1.54) is 6.07 Å². The quantitative estimate of drug-likeness (QED) is 0.903. The van der Waals surface area contributed by atoms with Crippen molar-refractivity contribution < 1.29 is 4.79 Å². The summed E-state index contributed by atoms with van der Waals surface area (Å²) in [6, 6.07) is 5.52. The number of hydrogen-bond donors (Lipinski definition) is 1. The van der Waals surface area contributed by atoms with Crippen molar-refractivity contribution in [1.29, 1.82) is 0 Å². The lowest BCUT2D eigenvalue weighted by molar-refractivity contribution is 0.0942. The van der Waals surface area contributed by atoms with Gasteiger partial charge < -0.3 is 9.88 Å². The van der Waals surface area contributed by atoms with Crippen LogP contribution in [0.3, 0.4) is 0 Å². The van der Waals surface area contributed by atoms with Gasteiger partial charge in [0, 0.05) is 38.4 Å². The number of fused-ring (bicyclic) bond motifs is 1. The lowest BCUT2D eigenvalue weighted by Crippen LogP contribution is -2.32. The summed E-state index contributed by atoms with van der Waals surface area (Å²) in [5, 5.41) is 2.84. The van der Waals surface area contributed by atoms with Gasteiger partial charge in [-0.25, -0.2) is 4.98 Å². The highest BCUT2D eigenvalue weighted by atomic mass is 16.2. The maximum Gasteiger partial charge on any atom is 0.268 e. The first kappa shape index (κ1) is 17.4. The lowest BCUT2D eigenvalue weighted by Gasteiger charge is -2.23. The van der Waals surface area contributed by atoms with E-state index in [1.54, 1.807) is 15.2 Å². The van der Waals surface area contributed by atoms with E-state index in [4.69, 9.17) is 0 Å². The minimum absolute atomic E-state index is 0.0429. The summed E-state index contributed by atoms with van der Waals surface area (Å²) in [5.41, 5.74) is 1.14. The molecule has 3 rings (SSSR count). The van der Waals surface area contributed by atoms with E-state index in [0.717, 1.165) is 18.8 Å². The molecule has 0 radical (unpaired) electrons. The third-order valence-corrected chi connectivity index (χ3v) is 4.65. The van der Waals surface area contributed by atoms with Crippen molar-refractivity contribution in [2.45, 2.75) is 45.9 Å². The summed E-state index contributed by atoms with van der Waals surface area (Å²) in [4.78, 5) is 31.6. The summed E-state index contributed by atoms with van der Waals surface area (Å²) in [5.74, 6) is 0.606. The molecule has 0 saturated carbocycles. The molecule has 7 heteroatoms. The van der Waals surface area contributed by atoms with Gasteiger partial charge in [-0.15, -0.1) is 0 Å². The minimum atomic E-state index is -0.173. The highest BCUT2D eigenvalue weighted by molar-refractivity contribution is 5.92. The number of amides is 1. The van der Waals surface area contributed by atoms with Crippen LogP contribution < -0.4 is 10.9 Å². The van der Waals surface area contributed by atoms with Crippen LogP contribution in [0.15, 0.2) is 29.2 Å². The smallest absolute Gasteiger partial charge is 0.268 e. The Morgan fingerprint density at radius 1 is 1.36 bits per heavy atom. The molecule has 0 aromatic carbocycles. The Morgan fingerprint density at radius 3 is 2.84 bits per heavy atom. The van der Waals surface area contributed by atoms with Gasteiger partial charge in [0.25, 0.3) is 11.5 Å². The number of aryl methyl sites for hydroxylation is 1. The van der Waals surface area contributed by atoms with E-state index < -0.39 is 0 Å². The predicted molar refractivity (Wildman–Crippen MR) is 95.2 cm³/mol. The molecule has 0 spiro atoms. The molecule has 1 aliphatic rings. The van der Waals surface area contributed by atoms with Crippen molar-refractivity contribution in [3.8, 4) is 0 Å². The molecule has 134 valence electrons. The number of carbonyl (C=O) groups excluding carboxylic acids is 1. The first-order valence-corrected chi connectivity index (χ1v) is 8.69. The van der Waals surface area contributed by atoms with Crippen LogP contribution in [0, 0.1) is 0 Å². The van der Waals surface area contributed by atoms with E-state index in [2.05, 4.69) is 29.0 Å². The number of hydrogen-bond acceptors (Lipinski definition) is 4. The second-order valence-corrected chi connectivity index (χ2v) is 6.76. The standard InChI is InChI=1S/C18H25N5O2/c1-13(2)22-8-5-9-23-16(12-22)20-14(10-17(23)24)11-19-18(25)15-6-4-7-21(15)3/h4,6-7,10,13H,5,8-9,11-12H2,1-3H3,(H,19,25). The molecule has 3 heterocycles. The summed E-state index contributed by atoms with van der Waals surface area (Å²) < 4.78 is 3.51. The average Bonchev–Trinajstić information content (AvgIpc) is 2.87. The van der Waals surface area contributed by atoms with Crippen LogP contribution in [0.25, 0.3) is 0 Å². The molecule has 25 heavy (non-hydrogen) atoms. The van der Waals surface area contributed by atoms with E-state index in [0.29, 0.717) is 30.5 Å². The lowest BCUT2D eigenvalue weighted by atomic mass is 10.3. The van der Waals surface area contributed by atoms with Crippen molar-refractivity contribution in [2.75, 3.05) is 6.54 Å². The topological polar surface area (TPSA) is 72.2 Å². The van der Waals surface area contributed by atoms with Gasteiger partial charge in [-0.2, -0.15) is 0 Å². The molecular weight excluding hydrogens is 318 g/mol. The third kappa shape index (κ3) is 3.82. The van der Waals surface area contributed by atoms with Crippen LogP contribution in [0.1, 0.15) is 42.3 Å². The zero-order chi connectivity index (χ0) is 18.0. The zero-order valence-corrected chi connectivity index (χ0v) is 15.0. The summed E-state index contributed by atoms with van der Waals surface area (Å²) in [7, 11) is 1.82. The Labute approximate surface area is 147 Å². The molecule has 2 aromatic rings. The maximum atomic E-state index is 12.4. The van der Waals surface area contributed by atoms with Gasteiger partial charge in [0.1, 0.15) is 11.5 Å². The number of carbonyl (C=O) groups is 1. The molecule has 0 unspecified atom stereocenters. The fourth-order valence-corrected chi connectivity index (χ4v) is 3.15. The summed E-state index contributed by atoms with van der Waals surface area (Å²) >= 11 is 0. The van der Waals surface area contributed by atoms with E-state index in [1.807, 2.05) is 19.3 Å². The van der Waals surface area contributed by atoms with E-state index in [9.17, 15) is 9.59 Å². The first-order chi connectivity index (χ1) is 12.0. The molecule has 1 N–H and O–H groups in total. The normalized spacial score (nSPS) is 15.0. The van der Waals surface area contributed by atoms with Crippen LogP contribution in [0.5, 0.6) is 0 Å². The number of rotatable bonds is 4. The van der Waals surface area contributed by atoms with Crippen molar-refractivity contribution >= 4 is 5.91 Å². The van der Waals surface area contributed by atoms with Gasteiger partial charge in [-0.05, 0) is 32.4 Å². The molecule has 1 aliphatic heterocycles. The van der Waals surface area contributed by atoms with Crippen LogP contribution in [0.4, 0.5) is 0 Å². The van der Waals surface area contributed by atoms with E-state index >= 15 is 0 Å². The Balaban J connectivity index is 1.77. The van der Waals surface area contributed by atoms with E-state index in [-0.39, 0.29) is 18.0 Å². The second kappa shape index (κ2) is 7.23. The zero-order valence-electron chi connectivity index (χ0n) is 15.0. The average molecular weight is 343 g/mol. The number of nitrogens with one attached hydrogen (secondary N) is 1. The molecule has 2 aromatic heterocycles. The molecule has 0 aliphatic carbocycles. The van der Waals surface area contributed by atoms with Crippen LogP contribution >= 0.6 is 0 Å². The minimum Gasteiger partial charge on any atom is -0.347 e. The third-order valence-electron chi connectivity index (χ3n) is 4.65. The van der Waals surface area contributed by atoms with Crippen LogP contribution in [-0.4, -0.2) is 37.5 Å². The molecular formula is C18H25N5O2. The van der Waals surface area contributed by atoms with Gasteiger partial charge in [0.05, 0.1) is 18.8 Å². The van der Waals surface area contributed by atoms with Gasteiger partial charge in [-0.1, -0.05) is 0 Å². The van der Waals surface area contributed by atoms with Crippen LogP contribution in [0.2, 0.25) is 0 Å². The maximum absolute atomic E-state index is 12.4. The fraction of sp³-hybridized carbons (Fsp3) is 0.500. The Bertz CT molecular complexity index is 821.